The molecule has 6 heteroatoms. The lowest BCUT2D eigenvalue weighted by Gasteiger charge is -2.10. The molecule has 0 aromatic rings. The number of aliphatic hydroxyl groups excluding tert-OH is 1. The van der Waals surface area contributed by atoms with Crippen molar-refractivity contribution in [2.75, 3.05) is 30.4 Å². The van der Waals surface area contributed by atoms with E-state index in [1.165, 1.54) is 0 Å². The Morgan fingerprint density at radius 2 is 2.20 bits per heavy atom. The summed E-state index contributed by atoms with van der Waals surface area (Å²) in [5.41, 5.74) is 0. The van der Waals surface area contributed by atoms with Gasteiger partial charge in [-0.2, -0.15) is 11.8 Å². The molecule has 1 saturated heterocycles. The second kappa shape index (κ2) is 6.73. The average molecular weight is 253 g/mol. The minimum Gasteiger partial charge on any atom is -0.396 e. The fourth-order valence-corrected chi connectivity index (χ4v) is 3.97. The first-order chi connectivity index (χ1) is 7.14. The summed E-state index contributed by atoms with van der Waals surface area (Å²) in [4.78, 5) is 0. The molecule has 1 aliphatic rings. The first-order valence-corrected chi connectivity index (χ1v) is 8.10. The van der Waals surface area contributed by atoms with Crippen molar-refractivity contribution in [1.82, 2.24) is 4.72 Å². The Morgan fingerprint density at radius 3 is 2.80 bits per heavy atom. The predicted octanol–water partition coefficient (Wildman–Crippen LogP) is 0.431. The van der Waals surface area contributed by atoms with Crippen LogP contribution >= 0.6 is 11.8 Å². The lowest BCUT2D eigenvalue weighted by molar-refractivity contribution is 0.287. The standard InChI is InChI=1S/C9H19NO3S2/c11-4-1-2-6-15(12,13)10-7-9-3-5-14-8-9/h9-11H,1-8H2. The fraction of sp³-hybridized carbons (Fsp3) is 1.00. The maximum Gasteiger partial charge on any atom is 0.211 e. The molecule has 1 heterocycles. The normalized spacial score (nSPS) is 22.1. The summed E-state index contributed by atoms with van der Waals surface area (Å²) in [7, 11) is -3.11. The summed E-state index contributed by atoms with van der Waals surface area (Å²) in [6, 6.07) is 0. The Morgan fingerprint density at radius 1 is 1.40 bits per heavy atom. The van der Waals surface area contributed by atoms with E-state index in [4.69, 9.17) is 5.11 Å². The zero-order valence-corrected chi connectivity index (χ0v) is 10.4. The summed E-state index contributed by atoms with van der Waals surface area (Å²) in [6.07, 6.45) is 2.20. The summed E-state index contributed by atoms with van der Waals surface area (Å²) in [5, 5.41) is 8.55. The van der Waals surface area contributed by atoms with Gasteiger partial charge in [0.25, 0.3) is 0 Å². The van der Waals surface area contributed by atoms with Gasteiger partial charge in [0.15, 0.2) is 0 Å². The third-order valence-corrected chi connectivity index (χ3v) is 5.10. The van der Waals surface area contributed by atoms with Gasteiger partial charge in [-0.3, -0.25) is 0 Å². The second-order valence-corrected chi connectivity index (χ2v) is 6.90. The molecule has 1 atom stereocenters. The monoisotopic (exact) mass is 253 g/mol. The Kier molecular flexibility index (Phi) is 5.96. The molecule has 0 bridgehead atoms. The van der Waals surface area contributed by atoms with Gasteiger partial charge in [0, 0.05) is 13.2 Å². The molecule has 0 radical (unpaired) electrons. The Hall–Kier alpha value is 0.220. The van der Waals surface area contributed by atoms with Gasteiger partial charge in [-0.25, -0.2) is 13.1 Å². The molecule has 15 heavy (non-hydrogen) atoms. The molecule has 4 nitrogen and oxygen atoms in total. The first-order valence-electron chi connectivity index (χ1n) is 5.30. The van der Waals surface area contributed by atoms with Crippen LogP contribution in [-0.2, 0) is 10.0 Å². The van der Waals surface area contributed by atoms with Gasteiger partial charge in [0.05, 0.1) is 5.75 Å². The van der Waals surface area contributed by atoms with E-state index < -0.39 is 10.0 Å². The number of hydrogen-bond acceptors (Lipinski definition) is 4. The molecule has 90 valence electrons. The van der Waals surface area contributed by atoms with Crippen LogP contribution in [0, 0.1) is 5.92 Å². The number of sulfonamides is 1. The van der Waals surface area contributed by atoms with Crippen molar-refractivity contribution in [2.24, 2.45) is 5.92 Å². The maximum absolute atomic E-state index is 11.5. The number of thioether (sulfide) groups is 1. The lowest BCUT2D eigenvalue weighted by Crippen LogP contribution is -2.31. The van der Waals surface area contributed by atoms with Gasteiger partial charge in [-0.1, -0.05) is 0 Å². The highest BCUT2D eigenvalue weighted by Crippen LogP contribution is 2.22. The van der Waals surface area contributed by atoms with Crippen LogP contribution in [0.15, 0.2) is 0 Å². The minimum atomic E-state index is -3.11. The van der Waals surface area contributed by atoms with Gasteiger partial charge in [0.2, 0.25) is 10.0 Å². The van der Waals surface area contributed by atoms with Crippen LogP contribution in [-0.4, -0.2) is 43.9 Å². The predicted molar refractivity (Wildman–Crippen MR) is 63.5 cm³/mol. The Labute approximate surface area is 95.9 Å². The van der Waals surface area contributed by atoms with Crippen LogP contribution in [0.25, 0.3) is 0 Å². The number of aliphatic hydroxyl groups is 1. The number of nitrogens with one attached hydrogen (secondary N) is 1. The van der Waals surface area contributed by atoms with Crippen LogP contribution in [0.4, 0.5) is 0 Å². The summed E-state index contributed by atoms with van der Waals surface area (Å²) >= 11 is 1.89. The van der Waals surface area contributed by atoms with Crippen molar-refractivity contribution in [3.63, 3.8) is 0 Å². The van der Waals surface area contributed by atoms with E-state index in [-0.39, 0.29) is 12.4 Å². The largest absolute Gasteiger partial charge is 0.396 e. The molecule has 0 saturated carbocycles. The zero-order chi connectivity index (χ0) is 11.1. The van der Waals surface area contributed by atoms with Crippen LogP contribution in [0.3, 0.4) is 0 Å². The molecule has 1 aliphatic heterocycles. The van der Waals surface area contributed by atoms with Crippen molar-refractivity contribution in [1.29, 1.82) is 0 Å². The van der Waals surface area contributed by atoms with Crippen molar-refractivity contribution >= 4 is 21.8 Å². The third kappa shape index (κ3) is 5.75. The summed E-state index contributed by atoms with van der Waals surface area (Å²) in [5.74, 6) is 2.85. The molecule has 1 rings (SSSR count). The van der Waals surface area contributed by atoms with Crippen LogP contribution in [0.2, 0.25) is 0 Å². The van der Waals surface area contributed by atoms with E-state index in [9.17, 15) is 8.42 Å². The lowest BCUT2D eigenvalue weighted by atomic mass is 10.1. The van der Waals surface area contributed by atoms with E-state index in [1.54, 1.807) is 0 Å². The maximum atomic E-state index is 11.5. The van der Waals surface area contributed by atoms with Gasteiger partial charge in [-0.15, -0.1) is 0 Å². The quantitative estimate of drug-likeness (QED) is 0.646. The zero-order valence-electron chi connectivity index (χ0n) is 8.81. The van der Waals surface area contributed by atoms with Crippen LogP contribution < -0.4 is 4.72 Å². The van der Waals surface area contributed by atoms with E-state index >= 15 is 0 Å². The minimum absolute atomic E-state index is 0.0643. The molecule has 2 N–H and O–H groups in total. The highest BCUT2D eigenvalue weighted by molar-refractivity contribution is 7.99. The number of unbranched alkanes of at least 4 members (excludes halogenated alkanes) is 1. The molecular formula is C9H19NO3S2. The van der Waals surface area contributed by atoms with Crippen molar-refractivity contribution < 1.29 is 13.5 Å². The van der Waals surface area contributed by atoms with E-state index in [2.05, 4.69) is 4.72 Å². The fourth-order valence-electron chi connectivity index (χ4n) is 1.47. The Balaban J connectivity index is 2.17. The van der Waals surface area contributed by atoms with E-state index in [0.29, 0.717) is 25.3 Å². The van der Waals surface area contributed by atoms with Gasteiger partial charge < -0.3 is 5.11 Å². The molecule has 1 fully saturated rings. The smallest absolute Gasteiger partial charge is 0.211 e. The SMILES string of the molecule is O=S(=O)(CCCCO)NCC1CCSC1. The van der Waals surface area contributed by atoms with Gasteiger partial charge in [-0.05, 0) is 36.7 Å². The third-order valence-electron chi connectivity index (χ3n) is 2.44. The van der Waals surface area contributed by atoms with E-state index in [1.807, 2.05) is 11.8 Å². The molecule has 0 spiro atoms. The topological polar surface area (TPSA) is 66.4 Å². The molecule has 1 unspecified atom stereocenters. The highest BCUT2D eigenvalue weighted by Gasteiger charge is 2.18. The van der Waals surface area contributed by atoms with Gasteiger partial charge in [0.1, 0.15) is 0 Å². The van der Waals surface area contributed by atoms with Crippen molar-refractivity contribution in [3.8, 4) is 0 Å². The van der Waals surface area contributed by atoms with Crippen LogP contribution in [0.5, 0.6) is 0 Å². The number of rotatable bonds is 7. The molecule has 0 amide bonds. The van der Waals surface area contributed by atoms with Gasteiger partial charge >= 0.3 is 0 Å². The van der Waals surface area contributed by atoms with Crippen LogP contribution in [0.1, 0.15) is 19.3 Å². The molecular weight excluding hydrogens is 234 g/mol. The first kappa shape index (κ1) is 13.3. The summed E-state index contributed by atoms with van der Waals surface area (Å²) in [6.45, 7) is 0.642. The highest BCUT2D eigenvalue weighted by atomic mass is 32.2. The molecule has 0 aliphatic carbocycles. The summed E-state index contributed by atoms with van der Waals surface area (Å²) < 4.78 is 25.6. The number of hydrogen-bond donors (Lipinski definition) is 2. The van der Waals surface area contributed by atoms with Crippen molar-refractivity contribution in [3.05, 3.63) is 0 Å². The Bertz CT molecular complexity index is 261. The molecule has 0 aromatic heterocycles. The second-order valence-electron chi connectivity index (χ2n) is 3.83. The molecule has 0 aromatic carbocycles. The van der Waals surface area contributed by atoms with E-state index in [0.717, 1.165) is 17.9 Å². The average Bonchev–Trinajstić information content (AvgIpc) is 2.68. The van der Waals surface area contributed by atoms with Crippen molar-refractivity contribution in [2.45, 2.75) is 19.3 Å².